The van der Waals surface area contributed by atoms with Gasteiger partial charge in [0, 0.05) is 47.2 Å². The molecule has 142 valence electrons. The molecule has 3 aromatic rings. The number of hydrogen-bond donors (Lipinski definition) is 1. The molecule has 4 rings (SSSR count). The minimum atomic E-state index is 0.206. The van der Waals surface area contributed by atoms with Crippen LogP contribution < -0.4 is 4.72 Å². The lowest BCUT2D eigenvalue weighted by molar-refractivity contribution is 0.349. The molecule has 0 saturated heterocycles. The molecular formula is C22H26ClN3S. The van der Waals surface area contributed by atoms with Crippen LogP contribution in [-0.2, 0) is 13.1 Å². The van der Waals surface area contributed by atoms with Crippen LogP contribution in [0.25, 0.3) is 22.2 Å². The van der Waals surface area contributed by atoms with Gasteiger partial charge in [-0.15, -0.1) is 0 Å². The van der Waals surface area contributed by atoms with Gasteiger partial charge < -0.3 is 4.57 Å². The SMILES string of the molecule is CC(C)(C)Cn1cc(CNSC2CC2)c2ccc(-c3ncccc3Cl)cc21. The second-order valence-corrected chi connectivity index (χ2v) is 10.1. The fraction of sp³-hybridized carbons (Fsp3) is 0.409. The molecule has 1 N–H and O–H groups in total. The molecule has 1 aliphatic carbocycles. The summed E-state index contributed by atoms with van der Waals surface area (Å²) >= 11 is 8.27. The molecule has 3 nitrogen and oxygen atoms in total. The van der Waals surface area contributed by atoms with Crippen LogP contribution in [0.1, 0.15) is 39.2 Å². The van der Waals surface area contributed by atoms with Crippen molar-refractivity contribution in [3.8, 4) is 11.3 Å². The van der Waals surface area contributed by atoms with Gasteiger partial charge in [-0.05, 0) is 42.0 Å². The maximum Gasteiger partial charge on any atom is 0.0888 e. The number of halogens is 1. The molecule has 27 heavy (non-hydrogen) atoms. The van der Waals surface area contributed by atoms with Gasteiger partial charge in [-0.1, -0.05) is 56.5 Å². The summed E-state index contributed by atoms with van der Waals surface area (Å²) in [6, 6.07) is 10.3. The zero-order valence-electron chi connectivity index (χ0n) is 16.1. The highest BCUT2D eigenvalue weighted by atomic mass is 35.5. The highest BCUT2D eigenvalue weighted by molar-refractivity contribution is 7.98. The van der Waals surface area contributed by atoms with Crippen molar-refractivity contribution in [1.82, 2.24) is 14.3 Å². The Hall–Kier alpha value is -1.49. The molecule has 0 atom stereocenters. The van der Waals surface area contributed by atoms with Gasteiger partial charge in [0.05, 0.1) is 10.7 Å². The van der Waals surface area contributed by atoms with Crippen molar-refractivity contribution in [3.63, 3.8) is 0 Å². The Balaban J connectivity index is 1.72. The van der Waals surface area contributed by atoms with Gasteiger partial charge >= 0.3 is 0 Å². The Bertz CT molecular complexity index is 954. The predicted octanol–water partition coefficient (Wildman–Crippen LogP) is 6.30. The Morgan fingerprint density at radius 2 is 2.07 bits per heavy atom. The fourth-order valence-corrected chi connectivity index (χ4v) is 4.40. The van der Waals surface area contributed by atoms with Crippen LogP contribution in [0.4, 0.5) is 0 Å². The van der Waals surface area contributed by atoms with Crippen molar-refractivity contribution in [2.75, 3.05) is 0 Å². The van der Waals surface area contributed by atoms with Crippen LogP contribution in [0.5, 0.6) is 0 Å². The summed E-state index contributed by atoms with van der Waals surface area (Å²) in [5, 5.41) is 2.80. The molecule has 5 heteroatoms. The second kappa shape index (κ2) is 7.50. The summed E-state index contributed by atoms with van der Waals surface area (Å²) in [7, 11) is 0. The zero-order valence-corrected chi connectivity index (χ0v) is 17.7. The first-order valence-electron chi connectivity index (χ1n) is 9.52. The van der Waals surface area contributed by atoms with E-state index in [0.717, 1.165) is 29.6 Å². The lowest BCUT2D eigenvalue weighted by Gasteiger charge is -2.20. The average Bonchev–Trinajstić information content (AvgIpc) is 3.38. The van der Waals surface area contributed by atoms with Gasteiger partial charge in [0.15, 0.2) is 0 Å². The standard InChI is InChI=1S/C22H26ClN3S/c1-22(2,3)14-26-13-16(12-25-27-17-7-8-17)18-9-6-15(11-20(18)26)21-19(23)5-4-10-24-21/h4-6,9-11,13,17,25H,7-8,12,14H2,1-3H3. The number of aromatic nitrogens is 2. The van der Waals surface area contributed by atoms with E-state index in [1.54, 1.807) is 6.20 Å². The van der Waals surface area contributed by atoms with Crippen LogP contribution in [-0.4, -0.2) is 14.8 Å². The highest BCUT2D eigenvalue weighted by Crippen LogP contribution is 2.34. The van der Waals surface area contributed by atoms with Gasteiger partial charge in [0.1, 0.15) is 0 Å². The molecule has 0 aliphatic heterocycles. The van der Waals surface area contributed by atoms with Crippen molar-refractivity contribution < 1.29 is 0 Å². The highest BCUT2D eigenvalue weighted by Gasteiger charge is 2.22. The van der Waals surface area contributed by atoms with Gasteiger partial charge in [-0.25, -0.2) is 0 Å². The van der Waals surface area contributed by atoms with Crippen LogP contribution in [0, 0.1) is 5.41 Å². The number of hydrogen-bond acceptors (Lipinski definition) is 3. The number of pyridine rings is 1. The monoisotopic (exact) mass is 399 g/mol. The Labute approximate surface area is 170 Å². The van der Waals surface area contributed by atoms with Crippen molar-refractivity contribution in [2.24, 2.45) is 5.41 Å². The molecule has 2 heterocycles. The van der Waals surface area contributed by atoms with Crippen molar-refractivity contribution in [1.29, 1.82) is 0 Å². The van der Waals surface area contributed by atoms with Gasteiger partial charge in [-0.2, -0.15) is 0 Å². The van der Waals surface area contributed by atoms with Crippen molar-refractivity contribution >= 4 is 34.5 Å². The molecule has 1 aliphatic rings. The first-order valence-corrected chi connectivity index (χ1v) is 10.8. The van der Waals surface area contributed by atoms with Crippen LogP contribution in [0.2, 0.25) is 5.02 Å². The quantitative estimate of drug-likeness (QED) is 0.493. The normalized spacial score (nSPS) is 14.8. The molecule has 0 spiro atoms. The van der Waals surface area contributed by atoms with E-state index in [0.29, 0.717) is 5.02 Å². The lowest BCUT2D eigenvalue weighted by atomic mass is 9.97. The minimum absolute atomic E-state index is 0.206. The molecule has 1 fully saturated rings. The minimum Gasteiger partial charge on any atom is -0.347 e. The summed E-state index contributed by atoms with van der Waals surface area (Å²) in [5.74, 6) is 0. The van der Waals surface area contributed by atoms with Crippen LogP contribution in [0.15, 0.2) is 42.7 Å². The molecule has 0 amide bonds. The van der Waals surface area contributed by atoms with E-state index in [1.165, 1.54) is 29.3 Å². The van der Waals surface area contributed by atoms with Gasteiger partial charge in [0.2, 0.25) is 0 Å². The van der Waals surface area contributed by atoms with Crippen molar-refractivity contribution in [3.05, 3.63) is 53.3 Å². The summed E-state index contributed by atoms with van der Waals surface area (Å²) in [6.45, 7) is 8.69. The fourth-order valence-electron chi connectivity index (χ4n) is 3.32. The summed E-state index contributed by atoms with van der Waals surface area (Å²) < 4.78 is 5.94. The molecule has 0 unspecified atom stereocenters. The molecule has 1 saturated carbocycles. The van der Waals surface area contributed by atoms with Crippen LogP contribution >= 0.6 is 23.5 Å². The first kappa shape index (κ1) is 18.9. The lowest BCUT2D eigenvalue weighted by Crippen LogP contribution is -2.14. The number of benzene rings is 1. The van der Waals surface area contributed by atoms with E-state index in [-0.39, 0.29) is 5.41 Å². The molecule has 1 aromatic carbocycles. The summed E-state index contributed by atoms with van der Waals surface area (Å²) in [5.41, 5.74) is 4.71. The van der Waals surface area contributed by atoms with E-state index in [9.17, 15) is 0 Å². The first-order chi connectivity index (χ1) is 12.9. The predicted molar refractivity (Wildman–Crippen MR) is 117 cm³/mol. The maximum atomic E-state index is 6.38. The van der Waals surface area contributed by atoms with Crippen LogP contribution in [0.3, 0.4) is 0 Å². The Morgan fingerprint density at radius 3 is 2.78 bits per heavy atom. The average molecular weight is 400 g/mol. The Kier molecular flexibility index (Phi) is 5.23. The van der Waals surface area contributed by atoms with Crippen molar-refractivity contribution in [2.45, 2.75) is 52.0 Å². The third-order valence-electron chi connectivity index (χ3n) is 4.68. The van der Waals surface area contributed by atoms with Gasteiger partial charge in [0.25, 0.3) is 0 Å². The number of fused-ring (bicyclic) bond motifs is 1. The van der Waals surface area contributed by atoms with E-state index in [4.69, 9.17) is 11.6 Å². The topological polar surface area (TPSA) is 29.9 Å². The van der Waals surface area contributed by atoms with Gasteiger partial charge in [-0.3, -0.25) is 9.71 Å². The summed E-state index contributed by atoms with van der Waals surface area (Å²) in [4.78, 5) is 4.49. The second-order valence-electron chi connectivity index (χ2n) is 8.55. The van der Waals surface area contributed by atoms with E-state index in [1.807, 2.05) is 24.1 Å². The zero-order chi connectivity index (χ0) is 19.0. The smallest absolute Gasteiger partial charge is 0.0888 e. The largest absolute Gasteiger partial charge is 0.347 e. The third-order valence-corrected chi connectivity index (χ3v) is 6.10. The molecule has 2 aromatic heterocycles. The Morgan fingerprint density at radius 1 is 1.26 bits per heavy atom. The third kappa shape index (κ3) is 4.50. The molecular weight excluding hydrogens is 374 g/mol. The summed E-state index contributed by atoms with van der Waals surface area (Å²) in [6.07, 6.45) is 6.79. The van der Waals surface area contributed by atoms with E-state index < -0.39 is 0 Å². The maximum absolute atomic E-state index is 6.38. The van der Waals surface area contributed by atoms with E-state index in [2.05, 4.69) is 59.4 Å². The molecule has 0 radical (unpaired) electrons. The number of nitrogens with zero attached hydrogens (tertiary/aromatic N) is 2. The van der Waals surface area contributed by atoms with E-state index >= 15 is 0 Å². The molecule has 0 bridgehead atoms. The number of nitrogens with one attached hydrogen (secondary N) is 1. The number of rotatable bonds is 6.